The molecule has 0 amide bonds. The van der Waals surface area contributed by atoms with E-state index in [-0.39, 0.29) is 5.78 Å². The van der Waals surface area contributed by atoms with Crippen LogP contribution in [0.3, 0.4) is 0 Å². The Balaban J connectivity index is 1.90. The van der Waals surface area contributed by atoms with Crippen molar-refractivity contribution in [2.75, 3.05) is 0 Å². The molecule has 0 N–H and O–H groups in total. The molecule has 3 nitrogen and oxygen atoms in total. The largest absolute Gasteiger partial charge is 0.456 e. The highest BCUT2D eigenvalue weighted by molar-refractivity contribution is 5.96. The minimum atomic E-state index is 0.143. The number of aryl methyl sites for hydroxylation is 3. The topological polar surface area (TPSA) is 39.2 Å². The van der Waals surface area contributed by atoms with Crippen molar-refractivity contribution in [3.63, 3.8) is 0 Å². The zero-order valence-electron chi connectivity index (χ0n) is 11.8. The second kappa shape index (κ2) is 5.08. The maximum Gasteiger partial charge on any atom is 0.181 e. The molecule has 0 aliphatic heterocycles. The van der Waals surface area contributed by atoms with E-state index in [1.807, 2.05) is 32.0 Å². The smallest absolute Gasteiger partial charge is 0.181 e. The van der Waals surface area contributed by atoms with E-state index in [1.54, 1.807) is 6.20 Å². The summed E-state index contributed by atoms with van der Waals surface area (Å²) in [6.45, 7) is 4.09. The molecule has 0 radical (unpaired) electrons. The normalized spacial score (nSPS) is 14.0. The molecule has 3 rings (SSSR count). The Bertz CT molecular complexity index is 656. The number of ketones is 1. The molecule has 1 aromatic heterocycles. The molecule has 3 heteroatoms. The zero-order valence-corrected chi connectivity index (χ0v) is 11.8. The first kappa shape index (κ1) is 12.9. The Morgan fingerprint density at radius 3 is 2.50 bits per heavy atom. The van der Waals surface area contributed by atoms with Gasteiger partial charge < -0.3 is 4.74 Å². The monoisotopic (exact) mass is 267 g/mol. The second-order valence-corrected chi connectivity index (χ2v) is 5.38. The Morgan fingerprint density at radius 2 is 1.75 bits per heavy atom. The zero-order chi connectivity index (χ0) is 14.1. The summed E-state index contributed by atoms with van der Waals surface area (Å²) in [5, 5.41) is 0. The fraction of sp³-hybridized carbons (Fsp3) is 0.294. The molecule has 1 aliphatic carbocycles. The molecule has 0 bridgehead atoms. The van der Waals surface area contributed by atoms with Crippen LogP contribution in [0.2, 0.25) is 0 Å². The molecule has 1 heterocycles. The second-order valence-electron chi connectivity index (χ2n) is 5.38. The molecule has 102 valence electrons. The minimum Gasteiger partial charge on any atom is -0.456 e. The molecular formula is C17H17NO2. The first-order chi connectivity index (χ1) is 9.61. The summed E-state index contributed by atoms with van der Waals surface area (Å²) in [6.07, 6.45) is 4.05. The third kappa shape index (κ3) is 2.57. The van der Waals surface area contributed by atoms with Crippen molar-refractivity contribution in [2.45, 2.75) is 33.1 Å². The van der Waals surface area contributed by atoms with E-state index in [1.165, 1.54) is 11.1 Å². The fourth-order valence-corrected chi connectivity index (χ4v) is 2.67. The Kier molecular flexibility index (Phi) is 3.26. The van der Waals surface area contributed by atoms with Gasteiger partial charge in [0.1, 0.15) is 17.2 Å². The van der Waals surface area contributed by atoms with Crippen LogP contribution in [0.4, 0.5) is 0 Å². The van der Waals surface area contributed by atoms with Crippen molar-refractivity contribution in [3.05, 3.63) is 52.8 Å². The molecule has 2 aromatic rings. The van der Waals surface area contributed by atoms with Crippen LogP contribution in [0.5, 0.6) is 11.5 Å². The lowest BCUT2D eigenvalue weighted by Gasteiger charge is -2.15. The van der Waals surface area contributed by atoms with Crippen LogP contribution >= 0.6 is 0 Å². The van der Waals surface area contributed by atoms with Gasteiger partial charge in [-0.2, -0.15) is 0 Å². The molecular weight excluding hydrogens is 250 g/mol. The Morgan fingerprint density at radius 1 is 1.00 bits per heavy atom. The van der Waals surface area contributed by atoms with Gasteiger partial charge in [-0.1, -0.05) is 6.07 Å². The van der Waals surface area contributed by atoms with Crippen LogP contribution < -0.4 is 4.74 Å². The Hall–Kier alpha value is -2.16. The number of benzene rings is 1. The summed E-state index contributed by atoms with van der Waals surface area (Å²) in [4.78, 5) is 16.0. The van der Waals surface area contributed by atoms with Gasteiger partial charge in [0.2, 0.25) is 0 Å². The first-order valence-electron chi connectivity index (χ1n) is 6.90. The van der Waals surface area contributed by atoms with Crippen molar-refractivity contribution < 1.29 is 9.53 Å². The average molecular weight is 267 g/mol. The van der Waals surface area contributed by atoms with Gasteiger partial charge in [-0.3, -0.25) is 4.79 Å². The number of rotatable bonds is 2. The van der Waals surface area contributed by atoms with Crippen molar-refractivity contribution in [2.24, 2.45) is 0 Å². The van der Waals surface area contributed by atoms with E-state index in [0.717, 1.165) is 24.2 Å². The number of hydrogen-bond acceptors (Lipinski definition) is 3. The maximum absolute atomic E-state index is 11.7. The van der Waals surface area contributed by atoms with Crippen LogP contribution in [0.1, 0.15) is 40.0 Å². The lowest BCUT2D eigenvalue weighted by atomic mass is 9.95. The summed E-state index contributed by atoms with van der Waals surface area (Å²) in [5.74, 6) is 1.65. The van der Waals surface area contributed by atoms with E-state index in [0.29, 0.717) is 17.9 Å². The van der Waals surface area contributed by atoms with Crippen LogP contribution in [0, 0.1) is 13.8 Å². The van der Waals surface area contributed by atoms with E-state index >= 15 is 0 Å². The van der Waals surface area contributed by atoms with E-state index in [9.17, 15) is 4.79 Å². The molecule has 1 aliphatic rings. The number of carbonyl (C=O) groups is 1. The summed E-state index contributed by atoms with van der Waals surface area (Å²) in [6, 6.07) is 8.04. The van der Waals surface area contributed by atoms with Crippen molar-refractivity contribution in [1.82, 2.24) is 4.98 Å². The number of hydrogen-bond donors (Lipinski definition) is 0. The molecule has 0 saturated carbocycles. The molecule has 20 heavy (non-hydrogen) atoms. The van der Waals surface area contributed by atoms with Crippen molar-refractivity contribution >= 4 is 5.78 Å². The standard InChI is InChI=1S/C17H17NO2/c1-11-6-12(2)8-14(7-11)20-15-9-13-4-3-5-16(19)17(13)18-10-15/h6-10H,3-5H2,1-2H3. The predicted molar refractivity (Wildman–Crippen MR) is 77.5 cm³/mol. The van der Waals surface area contributed by atoms with Crippen LogP contribution in [-0.4, -0.2) is 10.8 Å². The molecule has 0 spiro atoms. The van der Waals surface area contributed by atoms with Gasteiger partial charge in [0.25, 0.3) is 0 Å². The highest BCUT2D eigenvalue weighted by Crippen LogP contribution is 2.27. The number of aromatic nitrogens is 1. The summed E-state index contributed by atoms with van der Waals surface area (Å²) in [5.41, 5.74) is 3.95. The first-order valence-corrected chi connectivity index (χ1v) is 6.90. The summed E-state index contributed by atoms with van der Waals surface area (Å²) in [7, 11) is 0. The van der Waals surface area contributed by atoms with Gasteiger partial charge in [0.15, 0.2) is 5.78 Å². The number of fused-ring (bicyclic) bond motifs is 1. The number of carbonyl (C=O) groups excluding carboxylic acids is 1. The van der Waals surface area contributed by atoms with Crippen molar-refractivity contribution in [3.8, 4) is 11.5 Å². The van der Waals surface area contributed by atoms with E-state index in [2.05, 4.69) is 11.1 Å². The third-order valence-corrected chi connectivity index (χ3v) is 3.49. The van der Waals surface area contributed by atoms with Gasteiger partial charge in [-0.25, -0.2) is 4.98 Å². The quantitative estimate of drug-likeness (QED) is 0.825. The minimum absolute atomic E-state index is 0.143. The van der Waals surface area contributed by atoms with Crippen molar-refractivity contribution in [1.29, 1.82) is 0 Å². The predicted octanol–water partition coefficient (Wildman–Crippen LogP) is 4.01. The Labute approximate surface area is 118 Å². The fourth-order valence-electron chi connectivity index (χ4n) is 2.67. The molecule has 0 saturated heterocycles. The summed E-state index contributed by atoms with van der Waals surface area (Å²) >= 11 is 0. The molecule has 1 aromatic carbocycles. The van der Waals surface area contributed by atoms with E-state index in [4.69, 9.17) is 4.74 Å². The average Bonchev–Trinajstić information content (AvgIpc) is 2.37. The van der Waals surface area contributed by atoms with Crippen LogP contribution in [-0.2, 0) is 6.42 Å². The number of pyridine rings is 1. The summed E-state index contributed by atoms with van der Waals surface area (Å²) < 4.78 is 5.87. The number of nitrogens with zero attached hydrogens (tertiary/aromatic N) is 1. The van der Waals surface area contributed by atoms with Gasteiger partial charge >= 0.3 is 0 Å². The number of Topliss-reactive ketones (excluding diaryl/α,β-unsaturated/α-hetero) is 1. The van der Waals surface area contributed by atoms with Gasteiger partial charge in [-0.05, 0) is 61.6 Å². The lowest BCUT2D eigenvalue weighted by molar-refractivity contribution is 0.0967. The van der Waals surface area contributed by atoms with Gasteiger partial charge in [-0.15, -0.1) is 0 Å². The van der Waals surface area contributed by atoms with Gasteiger partial charge in [0.05, 0.1) is 6.20 Å². The van der Waals surface area contributed by atoms with E-state index < -0.39 is 0 Å². The molecule has 0 unspecified atom stereocenters. The highest BCUT2D eigenvalue weighted by atomic mass is 16.5. The SMILES string of the molecule is Cc1cc(C)cc(Oc2cnc3c(c2)CCCC3=O)c1. The highest BCUT2D eigenvalue weighted by Gasteiger charge is 2.19. The molecule has 0 atom stereocenters. The number of ether oxygens (including phenoxy) is 1. The van der Waals surface area contributed by atoms with Gasteiger partial charge in [0, 0.05) is 6.42 Å². The molecule has 0 fully saturated rings. The lowest BCUT2D eigenvalue weighted by Crippen LogP contribution is -2.12. The van der Waals surface area contributed by atoms with Crippen LogP contribution in [0.15, 0.2) is 30.5 Å². The third-order valence-electron chi connectivity index (χ3n) is 3.49. The van der Waals surface area contributed by atoms with Crippen LogP contribution in [0.25, 0.3) is 0 Å². The maximum atomic E-state index is 11.7.